The highest BCUT2D eigenvalue weighted by atomic mass is 16.6. The number of aliphatic hydroxyl groups is 1. The monoisotopic (exact) mass is 1290 g/mol. The van der Waals surface area contributed by atoms with E-state index in [0.717, 1.165) is 51.4 Å². The van der Waals surface area contributed by atoms with E-state index in [9.17, 15) is 14.7 Å². The summed E-state index contributed by atoms with van der Waals surface area (Å²) in [5.41, 5.74) is 0. The summed E-state index contributed by atoms with van der Waals surface area (Å²) in [6.07, 6.45) is 115. The van der Waals surface area contributed by atoms with Gasteiger partial charge in [-0.3, -0.25) is 9.59 Å². The molecule has 0 aromatic rings. The van der Waals surface area contributed by atoms with E-state index in [4.69, 9.17) is 9.47 Å². The van der Waals surface area contributed by atoms with Gasteiger partial charge >= 0.3 is 11.9 Å². The molecule has 0 fully saturated rings. The second kappa shape index (κ2) is 82.8. The largest absolute Gasteiger partial charge is 0.462 e. The first-order valence-corrected chi connectivity index (χ1v) is 41.8. The van der Waals surface area contributed by atoms with Gasteiger partial charge in [0.15, 0.2) is 6.10 Å². The van der Waals surface area contributed by atoms with Gasteiger partial charge in [0, 0.05) is 12.8 Å². The van der Waals surface area contributed by atoms with Crippen molar-refractivity contribution in [2.75, 3.05) is 13.2 Å². The highest BCUT2D eigenvalue weighted by Crippen LogP contribution is 2.20. The Morgan fingerprint density at radius 3 is 0.652 bits per heavy atom. The van der Waals surface area contributed by atoms with Crippen LogP contribution >= 0.6 is 0 Å². The van der Waals surface area contributed by atoms with Crippen molar-refractivity contribution in [2.24, 2.45) is 0 Å². The van der Waals surface area contributed by atoms with Crippen LogP contribution in [0.3, 0.4) is 0 Å². The van der Waals surface area contributed by atoms with Crippen LogP contribution in [-0.2, 0) is 19.1 Å². The quantitative estimate of drug-likeness (QED) is 0.0373. The maximum Gasteiger partial charge on any atom is 0.306 e. The first kappa shape index (κ1) is 89.6. The van der Waals surface area contributed by atoms with Gasteiger partial charge in [-0.25, -0.2) is 0 Å². The van der Waals surface area contributed by atoms with Crippen molar-refractivity contribution in [3.8, 4) is 0 Å². The molecule has 0 saturated heterocycles. The van der Waals surface area contributed by atoms with Crippen LogP contribution in [0.15, 0.2) is 60.8 Å². The van der Waals surface area contributed by atoms with E-state index in [2.05, 4.69) is 74.6 Å². The Bertz CT molecular complexity index is 1560. The zero-order valence-electron chi connectivity index (χ0n) is 62.3. The number of ether oxygens (including phenoxy) is 2. The molecule has 5 nitrogen and oxygen atoms in total. The van der Waals surface area contributed by atoms with E-state index >= 15 is 0 Å². The molecule has 0 saturated carbocycles. The van der Waals surface area contributed by atoms with Gasteiger partial charge in [-0.05, 0) is 83.5 Å². The molecule has 1 atom stereocenters. The normalized spacial score (nSPS) is 12.4. The van der Waals surface area contributed by atoms with Crippen LogP contribution < -0.4 is 0 Å². The number of unbranched alkanes of at least 4 members (excludes halogenated alkanes) is 61. The van der Waals surface area contributed by atoms with Crippen molar-refractivity contribution in [1.82, 2.24) is 0 Å². The molecule has 0 aromatic heterocycles. The first-order valence-electron chi connectivity index (χ1n) is 41.8. The van der Waals surface area contributed by atoms with Crippen LogP contribution in [-0.4, -0.2) is 36.4 Å². The summed E-state index contributed by atoms with van der Waals surface area (Å²) in [7, 11) is 0. The van der Waals surface area contributed by atoms with Crippen molar-refractivity contribution in [2.45, 2.75) is 469 Å². The molecule has 1 N–H and O–H groups in total. The van der Waals surface area contributed by atoms with E-state index in [0.29, 0.717) is 12.8 Å². The van der Waals surface area contributed by atoms with Gasteiger partial charge in [0.05, 0.1) is 6.61 Å². The molecular formula is C87H162O5. The SMILES string of the molecule is CCCCCCC/C=C\C/C=C\C/C=C\CCCCCCCCCCCCCCCCCCCCCCCCCCC(=O)OC(CO)COC(=O)CCCCCCCCCCCCCCCCCCCCCCCCCCCCC/C=C\C/C=C\CCCCCCC. The van der Waals surface area contributed by atoms with Crippen molar-refractivity contribution >= 4 is 11.9 Å². The smallest absolute Gasteiger partial charge is 0.306 e. The fraction of sp³-hybridized carbons (Fsp3) is 0.862. The lowest BCUT2D eigenvalue weighted by Crippen LogP contribution is -2.28. The third-order valence-corrected chi connectivity index (χ3v) is 19.3. The Balaban J connectivity index is 3.36. The fourth-order valence-corrected chi connectivity index (χ4v) is 13.0. The van der Waals surface area contributed by atoms with E-state index in [-0.39, 0.29) is 25.2 Å². The Hall–Kier alpha value is -2.40. The minimum Gasteiger partial charge on any atom is -0.462 e. The van der Waals surface area contributed by atoms with Gasteiger partial charge < -0.3 is 14.6 Å². The topological polar surface area (TPSA) is 72.8 Å². The molecule has 0 radical (unpaired) electrons. The van der Waals surface area contributed by atoms with Gasteiger partial charge in [-0.15, -0.1) is 0 Å². The summed E-state index contributed by atoms with van der Waals surface area (Å²) in [6, 6.07) is 0. The first-order chi connectivity index (χ1) is 45.6. The summed E-state index contributed by atoms with van der Waals surface area (Å²) in [5, 5.41) is 9.74. The van der Waals surface area contributed by atoms with E-state index in [1.54, 1.807) is 0 Å². The number of esters is 2. The molecule has 0 aliphatic carbocycles. The zero-order chi connectivity index (χ0) is 66.1. The van der Waals surface area contributed by atoms with Gasteiger partial charge in [0.2, 0.25) is 0 Å². The van der Waals surface area contributed by atoms with Gasteiger partial charge in [0.1, 0.15) is 6.61 Å². The van der Waals surface area contributed by atoms with Crippen molar-refractivity contribution in [3.05, 3.63) is 60.8 Å². The number of allylic oxidation sites excluding steroid dienone is 10. The lowest BCUT2D eigenvalue weighted by molar-refractivity contribution is -0.161. The summed E-state index contributed by atoms with van der Waals surface area (Å²) >= 11 is 0. The number of carbonyl (C=O) groups excluding carboxylic acids is 2. The number of hydrogen-bond donors (Lipinski definition) is 1. The Kier molecular flexibility index (Phi) is 80.7. The number of carbonyl (C=O) groups is 2. The number of hydrogen-bond acceptors (Lipinski definition) is 5. The maximum absolute atomic E-state index is 12.4. The third kappa shape index (κ3) is 80.0. The lowest BCUT2D eigenvalue weighted by Gasteiger charge is -2.15. The molecule has 1 unspecified atom stereocenters. The Morgan fingerprint density at radius 2 is 0.435 bits per heavy atom. The highest BCUT2D eigenvalue weighted by molar-refractivity contribution is 5.70. The molecule has 92 heavy (non-hydrogen) atoms. The Morgan fingerprint density at radius 1 is 0.250 bits per heavy atom. The van der Waals surface area contributed by atoms with Gasteiger partial charge in [0.25, 0.3) is 0 Å². The minimum absolute atomic E-state index is 0.0592. The number of rotatable bonds is 79. The molecule has 0 aliphatic heterocycles. The van der Waals surface area contributed by atoms with Crippen LogP contribution in [0.4, 0.5) is 0 Å². The summed E-state index contributed by atoms with van der Waals surface area (Å²) in [4.78, 5) is 24.7. The molecule has 0 aliphatic rings. The molecule has 0 rings (SSSR count). The zero-order valence-corrected chi connectivity index (χ0v) is 62.3. The highest BCUT2D eigenvalue weighted by Gasteiger charge is 2.16. The van der Waals surface area contributed by atoms with Gasteiger partial charge in [-0.1, -0.05) is 428 Å². The van der Waals surface area contributed by atoms with Crippen molar-refractivity contribution in [3.63, 3.8) is 0 Å². The van der Waals surface area contributed by atoms with E-state index < -0.39 is 6.10 Å². The molecular weight excluding hydrogens is 1120 g/mol. The van der Waals surface area contributed by atoms with Gasteiger partial charge in [-0.2, -0.15) is 0 Å². The molecule has 0 spiro atoms. The van der Waals surface area contributed by atoms with Crippen molar-refractivity contribution in [1.29, 1.82) is 0 Å². The molecule has 0 amide bonds. The third-order valence-electron chi connectivity index (χ3n) is 19.3. The van der Waals surface area contributed by atoms with E-state index in [1.165, 1.54) is 385 Å². The Labute approximate surface area is 576 Å². The standard InChI is InChI=1S/C87H162O5/c1-3-5-7-9-11-13-15-17-19-21-23-25-27-29-31-33-35-37-39-41-43-45-47-49-51-53-55-57-59-61-63-65-67-69-71-73-75-77-79-81-86(89)91-84-85(83-88)92-87(90)82-80-78-76-74-72-70-68-66-64-62-60-58-56-54-52-50-48-46-44-42-40-38-36-34-32-30-28-26-24-22-20-18-16-14-12-10-8-6-4-2/h15-18,21-24,28,30,85,88H,3-14,19-20,25-27,29,31-84H2,1-2H3/b17-15-,18-16-,23-21-,24-22-,30-28-. The molecule has 0 aromatic carbocycles. The maximum atomic E-state index is 12.4. The van der Waals surface area contributed by atoms with E-state index in [1.807, 2.05) is 0 Å². The predicted octanol–water partition coefficient (Wildman–Crippen LogP) is 29.6. The molecule has 0 heterocycles. The second-order valence-electron chi connectivity index (χ2n) is 28.6. The summed E-state index contributed by atoms with van der Waals surface area (Å²) in [6.45, 7) is 4.18. The van der Waals surface area contributed by atoms with Crippen LogP contribution in [0.25, 0.3) is 0 Å². The lowest BCUT2D eigenvalue weighted by atomic mass is 10.0. The molecule has 5 heteroatoms. The van der Waals surface area contributed by atoms with Crippen molar-refractivity contribution < 1.29 is 24.2 Å². The fourth-order valence-electron chi connectivity index (χ4n) is 13.0. The van der Waals surface area contributed by atoms with Crippen LogP contribution in [0.1, 0.15) is 463 Å². The molecule has 0 bridgehead atoms. The summed E-state index contributed by atoms with van der Waals surface area (Å²) in [5.74, 6) is -0.562. The summed E-state index contributed by atoms with van der Waals surface area (Å²) < 4.78 is 10.8. The van der Waals surface area contributed by atoms with Crippen LogP contribution in [0.2, 0.25) is 0 Å². The molecule has 540 valence electrons. The average Bonchev–Trinajstić information content (AvgIpc) is 3.75. The van der Waals surface area contributed by atoms with Crippen LogP contribution in [0, 0.1) is 0 Å². The minimum atomic E-state index is -0.771. The number of aliphatic hydroxyl groups excluding tert-OH is 1. The van der Waals surface area contributed by atoms with Crippen LogP contribution in [0.5, 0.6) is 0 Å². The second-order valence-corrected chi connectivity index (χ2v) is 28.6. The average molecular weight is 1290 g/mol. The predicted molar refractivity (Wildman–Crippen MR) is 408 cm³/mol.